The molecule has 2 aromatic heterocycles. The molecule has 280 valence electrons. The zero-order valence-electron chi connectivity index (χ0n) is 32.5. The number of hydrogen-bond acceptors (Lipinski definition) is 4. The highest BCUT2D eigenvalue weighted by atomic mass is 32.2. The van der Waals surface area contributed by atoms with E-state index in [0.717, 1.165) is 55.7 Å². The number of rotatable bonds is 5. The lowest BCUT2D eigenvalue weighted by atomic mass is 9.67. The average molecular weight is 782 g/mol. The minimum atomic E-state index is -0.491. The van der Waals surface area contributed by atoms with Crippen LogP contribution in [0.25, 0.3) is 78.2 Å². The first-order chi connectivity index (χ1) is 29.7. The Hall–Kier alpha value is -7.40. The Morgan fingerprint density at radius 2 is 0.900 bits per heavy atom. The van der Waals surface area contributed by atoms with Crippen molar-refractivity contribution in [1.82, 2.24) is 15.0 Å². The van der Waals surface area contributed by atoms with Crippen LogP contribution in [-0.2, 0) is 5.41 Å². The van der Waals surface area contributed by atoms with Crippen molar-refractivity contribution in [2.24, 2.45) is 0 Å². The quantitative estimate of drug-likeness (QED) is 0.174. The molecule has 0 saturated heterocycles. The fourth-order valence-corrected chi connectivity index (χ4v) is 10.7. The summed E-state index contributed by atoms with van der Waals surface area (Å²) in [6.07, 6.45) is 1.87. The van der Waals surface area contributed by atoms with E-state index in [9.17, 15) is 0 Å². The van der Waals surface area contributed by atoms with Crippen LogP contribution >= 0.6 is 11.8 Å². The smallest absolute Gasteiger partial charge is 0.160 e. The molecule has 3 heterocycles. The highest BCUT2D eigenvalue weighted by molar-refractivity contribution is 7.99. The van der Waals surface area contributed by atoms with Crippen LogP contribution in [0.4, 0.5) is 0 Å². The monoisotopic (exact) mass is 781 g/mol. The van der Waals surface area contributed by atoms with Crippen LogP contribution in [0, 0.1) is 0 Å². The van der Waals surface area contributed by atoms with Crippen LogP contribution in [-0.4, -0.2) is 15.0 Å². The summed E-state index contributed by atoms with van der Waals surface area (Å²) < 4.78 is 0. The molecule has 1 aliphatic carbocycles. The molecule has 0 fully saturated rings. The predicted molar refractivity (Wildman–Crippen MR) is 246 cm³/mol. The van der Waals surface area contributed by atoms with Crippen LogP contribution in [0.2, 0.25) is 0 Å². The number of hydrogen-bond donors (Lipinski definition) is 0. The van der Waals surface area contributed by atoms with Crippen molar-refractivity contribution in [3.05, 3.63) is 235 Å². The first-order valence-corrected chi connectivity index (χ1v) is 21.1. The second kappa shape index (κ2) is 13.9. The summed E-state index contributed by atoms with van der Waals surface area (Å²) in [6.45, 7) is 0. The second-order valence-corrected chi connectivity index (χ2v) is 16.6. The SMILES string of the molecule is c1ccc(-c2cccc(-c3nc(-c4ccccc4)cc(-c4ccc5c(c4)Sc4cc(-c6ccc7cccnc7c6)ccc4C54c5ccccc5-c5ccccc54)n3)c2)cc1. The van der Waals surface area contributed by atoms with E-state index in [1.165, 1.54) is 48.7 Å². The van der Waals surface area contributed by atoms with Gasteiger partial charge in [0.25, 0.3) is 0 Å². The third-order valence-corrected chi connectivity index (χ3v) is 13.3. The number of nitrogens with zero attached hydrogens (tertiary/aromatic N) is 3. The van der Waals surface area contributed by atoms with Gasteiger partial charge in [-0.25, -0.2) is 9.97 Å². The van der Waals surface area contributed by atoms with Crippen molar-refractivity contribution in [3.8, 4) is 67.3 Å². The van der Waals surface area contributed by atoms with Crippen molar-refractivity contribution in [3.63, 3.8) is 0 Å². The zero-order valence-corrected chi connectivity index (χ0v) is 33.3. The van der Waals surface area contributed by atoms with Gasteiger partial charge >= 0.3 is 0 Å². The van der Waals surface area contributed by atoms with Crippen molar-refractivity contribution < 1.29 is 0 Å². The molecule has 60 heavy (non-hydrogen) atoms. The molecule has 1 aliphatic heterocycles. The maximum absolute atomic E-state index is 5.34. The Labute approximate surface area is 353 Å². The summed E-state index contributed by atoms with van der Waals surface area (Å²) in [5.41, 5.74) is 17.8. The van der Waals surface area contributed by atoms with Crippen LogP contribution in [0.3, 0.4) is 0 Å². The van der Waals surface area contributed by atoms with Gasteiger partial charge in [0.15, 0.2) is 5.82 Å². The van der Waals surface area contributed by atoms with Gasteiger partial charge < -0.3 is 0 Å². The van der Waals surface area contributed by atoms with E-state index >= 15 is 0 Å². The number of pyridine rings is 1. The lowest BCUT2D eigenvalue weighted by molar-refractivity contribution is 0.723. The predicted octanol–water partition coefficient (Wildman–Crippen LogP) is 14.2. The first kappa shape index (κ1) is 34.6. The van der Waals surface area contributed by atoms with Crippen LogP contribution < -0.4 is 0 Å². The molecule has 12 rings (SSSR count). The van der Waals surface area contributed by atoms with Crippen molar-refractivity contribution in [2.75, 3.05) is 0 Å². The standard InChI is InChI=1S/C56H35N3S/c1-3-13-36(14-4-1)39-17-11-18-43(31-39)55-58-51(37-15-5-2-6-16-37)35-52(59-55)42-27-29-49-54(34-42)60-53-33-41(40-25-24-38-19-12-30-57-50(38)32-40)26-28-48(53)56(49)46-22-9-7-20-44(46)45-21-8-10-23-47(45)56/h1-35H. The fourth-order valence-electron chi connectivity index (χ4n) is 9.45. The van der Waals surface area contributed by atoms with E-state index in [1.807, 2.05) is 30.1 Å². The maximum Gasteiger partial charge on any atom is 0.160 e. The molecule has 0 bridgehead atoms. The van der Waals surface area contributed by atoms with Gasteiger partial charge in [0.1, 0.15) is 0 Å². The zero-order chi connectivity index (χ0) is 39.6. The van der Waals surface area contributed by atoms with Crippen LogP contribution in [0.5, 0.6) is 0 Å². The Kier molecular flexibility index (Phi) is 8.00. The Morgan fingerprint density at radius 1 is 0.350 bits per heavy atom. The van der Waals surface area contributed by atoms with Gasteiger partial charge in [0.05, 0.1) is 22.3 Å². The molecule has 0 N–H and O–H groups in total. The molecule has 2 aliphatic rings. The number of benzene rings is 8. The van der Waals surface area contributed by atoms with E-state index in [0.29, 0.717) is 5.82 Å². The van der Waals surface area contributed by atoms with Crippen LogP contribution in [0.15, 0.2) is 222 Å². The fraction of sp³-hybridized carbons (Fsp3) is 0.0179. The summed E-state index contributed by atoms with van der Waals surface area (Å²) in [5, 5.41) is 1.14. The first-order valence-electron chi connectivity index (χ1n) is 20.3. The topological polar surface area (TPSA) is 38.7 Å². The van der Waals surface area contributed by atoms with E-state index in [4.69, 9.17) is 9.97 Å². The van der Waals surface area contributed by atoms with Gasteiger partial charge in [-0.2, -0.15) is 0 Å². The molecule has 10 aromatic rings. The van der Waals surface area contributed by atoms with E-state index in [-0.39, 0.29) is 0 Å². The number of fused-ring (bicyclic) bond motifs is 10. The molecular formula is C56H35N3S. The van der Waals surface area contributed by atoms with Gasteiger partial charge in [0, 0.05) is 38.1 Å². The highest BCUT2D eigenvalue weighted by Gasteiger charge is 2.50. The van der Waals surface area contributed by atoms with Gasteiger partial charge in [-0.05, 0) is 92.0 Å². The van der Waals surface area contributed by atoms with E-state index in [1.54, 1.807) is 0 Å². The molecule has 0 atom stereocenters. The Bertz CT molecular complexity index is 3260. The van der Waals surface area contributed by atoms with Gasteiger partial charge in [-0.1, -0.05) is 182 Å². The summed E-state index contributed by atoms with van der Waals surface area (Å²) >= 11 is 1.86. The summed E-state index contributed by atoms with van der Waals surface area (Å²) in [5.74, 6) is 0.699. The van der Waals surface area contributed by atoms with Gasteiger partial charge in [-0.3, -0.25) is 4.98 Å². The molecule has 4 heteroatoms. The third kappa shape index (κ3) is 5.49. The van der Waals surface area contributed by atoms with E-state index < -0.39 is 5.41 Å². The van der Waals surface area contributed by atoms with Crippen molar-refractivity contribution in [1.29, 1.82) is 0 Å². The summed E-state index contributed by atoms with van der Waals surface area (Å²) in [7, 11) is 0. The minimum Gasteiger partial charge on any atom is -0.256 e. The lowest BCUT2D eigenvalue weighted by Crippen LogP contribution is -2.32. The highest BCUT2D eigenvalue weighted by Crippen LogP contribution is 2.62. The molecule has 0 unspecified atom stereocenters. The lowest BCUT2D eigenvalue weighted by Gasteiger charge is -2.40. The molecule has 3 nitrogen and oxygen atoms in total. The molecule has 0 amide bonds. The summed E-state index contributed by atoms with van der Waals surface area (Å²) in [6, 6.07) is 74.4. The van der Waals surface area contributed by atoms with Crippen molar-refractivity contribution >= 4 is 22.7 Å². The molecule has 0 radical (unpaired) electrons. The van der Waals surface area contributed by atoms with Crippen LogP contribution in [0.1, 0.15) is 22.3 Å². The Balaban J connectivity index is 1.06. The second-order valence-electron chi connectivity index (χ2n) is 15.6. The van der Waals surface area contributed by atoms with E-state index in [2.05, 4.69) is 199 Å². The molecule has 1 spiro atoms. The maximum atomic E-state index is 5.34. The molecular weight excluding hydrogens is 747 g/mol. The van der Waals surface area contributed by atoms with Crippen molar-refractivity contribution in [2.45, 2.75) is 15.2 Å². The van der Waals surface area contributed by atoms with Gasteiger partial charge in [0.2, 0.25) is 0 Å². The largest absolute Gasteiger partial charge is 0.256 e. The molecule has 8 aromatic carbocycles. The average Bonchev–Trinajstić information content (AvgIpc) is 3.62. The minimum absolute atomic E-state index is 0.491. The molecule has 0 saturated carbocycles. The van der Waals surface area contributed by atoms with Gasteiger partial charge in [-0.15, -0.1) is 0 Å². The normalized spacial score (nSPS) is 13.1. The number of aromatic nitrogens is 3. The summed E-state index contributed by atoms with van der Waals surface area (Å²) in [4.78, 5) is 17.7. The Morgan fingerprint density at radius 3 is 1.63 bits per heavy atom. The third-order valence-electron chi connectivity index (χ3n) is 12.2.